The molecule has 0 saturated carbocycles. The van der Waals surface area contributed by atoms with Crippen molar-refractivity contribution >= 4 is 35.1 Å². The summed E-state index contributed by atoms with van der Waals surface area (Å²) in [5.74, 6) is 1.57. The zero-order valence-electron chi connectivity index (χ0n) is 14.9. The predicted octanol–water partition coefficient (Wildman–Crippen LogP) is 6.72. The van der Waals surface area contributed by atoms with Crippen LogP contribution in [0.15, 0.2) is 71.7 Å². The molecule has 5 heteroatoms. The summed E-state index contributed by atoms with van der Waals surface area (Å²) in [5, 5.41) is 1.19. The summed E-state index contributed by atoms with van der Waals surface area (Å²) in [5.41, 5.74) is 2.60. The fraction of sp³-hybridized carbons (Fsp3) is 0.136. The molecule has 0 fully saturated rings. The van der Waals surface area contributed by atoms with E-state index in [0.717, 1.165) is 28.3 Å². The summed E-state index contributed by atoms with van der Waals surface area (Å²) in [6.07, 6.45) is 1.79. The van der Waals surface area contributed by atoms with E-state index in [1.165, 1.54) is 0 Å². The van der Waals surface area contributed by atoms with Gasteiger partial charge in [0, 0.05) is 27.4 Å². The van der Waals surface area contributed by atoms with Gasteiger partial charge >= 0.3 is 0 Å². The van der Waals surface area contributed by atoms with Crippen LogP contribution in [0.1, 0.15) is 18.1 Å². The van der Waals surface area contributed by atoms with E-state index < -0.39 is 0 Å². The van der Waals surface area contributed by atoms with Crippen LogP contribution in [-0.4, -0.2) is 12.8 Å². The molecule has 0 radical (unpaired) electrons. The van der Waals surface area contributed by atoms with Gasteiger partial charge in [0.05, 0.1) is 12.3 Å². The van der Waals surface area contributed by atoms with Gasteiger partial charge in [0.1, 0.15) is 18.1 Å². The lowest BCUT2D eigenvalue weighted by Crippen LogP contribution is -1.99. The molecular weight excluding hydrogens is 381 g/mol. The van der Waals surface area contributed by atoms with Crippen LogP contribution in [-0.2, 0) is 6.61 Å². The maximum absolute atomic E-state index is 6.21. The maximum Gasteiger partial charge on any atom is 0.128 e. The first-order chi connectivity index (χ1) is 13.2. The Bertz CT molecular complexity index is 924. The summed E-state index contributed by atoms with van der Waals surface area (Å²) in [4.78, 5) is 4.52. The minimum Gasteiger partial charge on any atom is -0.494 e. The second kappa shape index (κ2) is 9.45. The summed E-state index contributed by atoms with van der Waals surface area (Å²) in [7, 11) is 0. The average Bonchev–Trinajstić information content (AvgIpc) is 2.68. The van der Waals surface area contributed by atoms with Crippen LogP contribution < -0.4 is 9.47 Å². The SMILES string of the molecule is CCOc1ccc(N=Cc2ccccc2OCc2ccc(Cl)cc2Cl)cc1. The molecule has 0 bridgehead atoms. The zero-order valence-corrected chi connectivity index (χ0v) is 16.4. The monoisotopic (exact) mass is 399 g/mol. The quantitative estimate of drug-likeness (QED) is 0.412. The second-order valence-electron chi connectivity index (χ2n) is 5.75. The van der Waals surface area contributed by atoms with E-state index >= 15 is 0 Å². The van der Waals surface area contributed by atoms with Crippen LogP contribution in [0.4, 0.5) is 5.69 Å². The van der Waals surface area contributed by atoms with Gasteiger partial charge in [0.25, 0.3) is 0 Å². The molecule has 0 saturated heterocycles. The van der Waals surface area contributed by atoms with Gasteiger partial charge in [-0.15, -0.1) is 0 Å². The van der Waals surface area contributed by atoms with E-state index in [2.05, 4.69) is 4.99 Å². The smallest absolute Gasteiger partial charge is 0.128 e. The normalized spacial score (nSPS) is 10.9. The summed E-state index contributed by atoms with van der Waals surface area (Å²) < 4.78 is 11.4. The van der Waals surface area contributed by atoms with Crippen LogP contribution >= 0.6 is 23.2 Å². The third kappa shape index (κ3) is 5.49. The average molecular weight is 400 g/mol. The van der Waals surface area contributed by atoms with E-state index in [1.807, 2.05) is 61.5 Å². The molecule has 3 aromatic rings. The van der Waals surface area contributed by atoms with Gasteiger partial charge in [0.2, 0.25) is 0 Å². The number of para-hydroxylation sites is 1. The van der Waals surface area contributed by atoms with Crippen molar-refractivity contribution in [3.8, 4) is 11.5 Å². The molecule has 3 aromatic carbocycles. The van der Waals surface area contributed by atoms with Gasteiger partial charge in [-0.1, -0.05) is 41.4 Å². The molecule has 0 N–H and O–H groups in total. The lowest BCUT2D eigenvalue weighted by atomic mass is 10.2. The van der Waals surface area contributed by atoms with Gasteiger partial charge in [-0.3, -0.25) is 4.99 Å². The lowest BCUT2D eigenvalue weighted by molar-refractivity contribution is 0.306. The lowest BCUT2D eigenvalue weighted by Gasteiger charge is -2.10. The van der Waals surface area contributed by atoms with Crippen LogP contribution in [0.5, 0.6) is 11.5 Å². The Morgan fingerprint density at radius 1 is 0.926 bits per heavy atom. The van der Waals surface area contributed by atoms with Gasteiger partial charge in [-0.05, 0) is 55.5 Å². The highest BCUT2D eigenvalue weighted by Gasteiger charge is 2.05. The molecule has 0 aliphatic carbocycles. The predicted molar refractivity (Wildman–Crippen MR) is 112 cm³/mol. The van der Waals surface area contributed by atoms with Crippen molar-refractivity contribution in [1.82, 2.24) is 0 Å². The number of halogens is 2. The number of nitrogens with zero attached hydrogens (tertiary/aromatic N) is 1. The molecule has 0 unspecified atom stereocenters. The summed E-state index contributed by atoms with van der Waals surface area (Å²) >= 11 is 12.1. The van der Waals surface area contributed by atoms with Crippen molar-refractivity contribution in [3.63, 3.8) is 0 Å². The minimum atomic E-state index is 0.351. The van der Waals surface area contributed by atoms with E-state index in [4.69, 9.17) is 32.7 Å². The molecule has 0 amide bonds. The largest absolute Gasteiger partial charge is 0.494 e. The van der Waals surface area contributed by atoms with Crippen molar-refractivity contribution in [2.75, 3.05) is 6.61 Å². The number of hydrogen-bond acceptors (Lipinski definition) is 3. The first-order valence-electron chi connectivity index (χ1n) is 8.58. The first kappa shape index (κ1) is 19.3. The van der Waals surface area contributed by atoms with Gasteiger partial charge in [0.15, 0.2) is 0 Å². The highest BCUT2D eigenvalue weighted by atomic mass is 35.5. The Kier molecular flexibility index (Phi) is 6.74. The Morgan fingerprint density at radius 3 is 2.44 bits per heavy atom. The van der Waals surface area contributed by atoms with Gasteiger partial charge in [-0.2, -0.15) is 0 Å². The van der Waals surface area contributed by atoms with Crippen molar-refractivity contribution in [2.24, 2.45) is 4.99 Å². The van der Waals surface area contributed by atoms with Crippen molar-refractivity contribution in [1.29, 1.82) is 0 Å². The molecule has 3 nitrogen and oxygen atoms in total. The number of benzene rings is 3. The number of ether oxygens (including phenoxy) is 2. The van der Waals surface area contributed by atoms with E-state index in [0.29, 0.717) is 23.3 Å². The summed E-state index contributed by atoms with van der Waals surface area (Å²) in [6.45, 7) is 2.95. The van der Waals surface area contributed by atoms with Crippen LogP contribution in [0.3, 0.4) is 0 Å². The topological polar surface area (TPSA) is 30.8 Å². The molecule has 27 heavy (non-hydrogen) atoms. The van der Waals surface area contributed by atoms with Crippen molar-refractivity contribution in [2.45, 2.75) is 13.5 Å². The number of hydrogen-bond donors (Lipinski definition) is 0. The van der Waals surface area contributed by atoms with E-state index in [1.54, 1.807) is 18.3 Å². The molecule has 0 aliphatic heterocycles. The zero-order chi connectivity index (χ0) is 19.1. The standard InChI is InChI=1S/C22H19Cl2NO2/c1-2-26-20-11-9-19(10-12-20)25-14-16-5-3-4-6-22(16)27-15-17-7-8-18(23)13-21(17)24/h3-14H,2,15H2,1H3. The van der Waals surface area contributed by atoms with Crippen LogP contribution in [0, 0.1) is 0 Å². The number of aliphatic imine (C=N–C) groups is 1. The Balaban J connectivity index is 1.71. The highest BCUT2D eigenvalue weighted by Crippen LogP contribution is 2.24. The van der Waals surface area contributed by atoms with Gasteiger partial charge < -0.3 is 9.47 Å². The first-order valence-corrected chi connectivity index (χ1v) is 9.34. The molecular formula is C22H19Cl2NO2. The fourth-order valence-electron chi connectivity index (χ4n) is 2.45. The number of rotatable bonds is 7. The molecule has 0 spiro atoms. The van der Waals surface area contributed by atoms with Crippen LogP contribution in [0.2, 0.25) is 10.0 Å². The maximum atomic E-state index is 6.21. The molecule has 3 rings (SSSR count). The summed E-state index contributed by atoms with van der Waals surface area (Å²) in [6, 6.07) is 20.7. The van der Waals surface area contributed by atoms with E-state index in [9.17, 15) is 0 Å². The Hall–Kier alpha value is -2.49. The molecule has 0 atom stereocenters. The van der Waals surface area contributed by atoms with E-state index in [-0.39, 0.29) is 0 Å². The fourth-order valence-corrected chi connectivity index (χ4v) is 2.92. The third-order valence-corrected chi connectivity index (χ3v) is 4.40. The molecule has 0 heterocycles. The van der Waals surface area contributed by atoms with Crippen molar-refractivity contribution in [3.05, 3.63) is 87.9 Å². The second-order valence-corrected chi connectivity index (χ2v) is 6.59. The minimum absolute atomic E-state index is 0.351. The molecule has 138 valence electrons. The van der Waals surface area contributed by atoms with Crippen molar-refractivity contribution < 1.29 is 9.47 Å². The van der Waals surface area contributed by atoms with Gasteiger partial charge in [-0.25, -0.2) is 0 Å². The Labute approximate surface area is 169 Å². The molecule has 0 aromatic heterocycles. The highest BCUT2D eigenvalue weighted by molar-refractivity contribution is 6.35. The molecule has 0 aliphatic rings. The van der Waals surface area contributed by atoms with Crippen LogP contribution in [0.25, 0.3) is 0 Å². The Morgan fingerprint density at radius 2 is 1.70 bits per heavy atom. The third-order valence-electron chi connectivity index (χ3n) is 3.82.